The molecule has 0 bridgehead atoms. The first-order chi connectivity index (χ1) is 15.9. The Morgan fingerprint density at radius 1 is 1.15 bits per heavy atom. The lowest BCUT2D eigenvalue weighted by molar-refractivity contribution is -0.146. The van der Waals surface area contributed by atoms with Gasteiger partial charge >= 0.3 is 5.97 Å². The highest BCUT2D eigenvalue weighted by Gasteiger charge is 2.34. The molecule has 1 aliphatic heterocycles. The van der Waals surface area contributed by atoms with E-state index >= 15 is 0 Å². The van der Waals surface area contributed by atoms with Gasteiger partial charge in [0.05, 0.1) is 25.6 Å². The fourth-order valence-corrected chi connectivity index (χ4v) is 4.99. The number of hydrogen-bond donors (Lipinski definition) is 0. The van der Waals surface area contributed by atoms with Crippen LogP contribution in [-0.2, 0) is 25.5 Å². The molecular weight excluding hydrogens is 443 g/mol. The SMILES string of the molecule is CCCCN(CC(=O)N1CCc2sccc2C1c1ccc(F)cc1)C(=O)CCC(=O)OCC. The zero-order chi connectivity index (χ0) is 23.8. The van der Waals surface area contributed by atoms with Crippen LogP contribution in [0.2, 0.25) is 0 Å². The first-order valence-electron chi connectivity index (χ1n) is 11.5. The van der Waals surface area contributed by atoms with E-state index in [9.17, 15) is 18.8 Å². The molecule has 0 spiro atoms. The number of carbonyl (C=O) groups excluding carboxylic acids is 3. The maximum atomic E-state index is 13.5. The molecule has 8 heteroatoms. The van der Waals surface area contributed by atoms with Gasteiger partial charge in [-0.05, 0) is 54.5 Å². The van der Waals surface area contributed by atoms with E-state index in [0.717, 1.165) is 30.4 Å². The van der Waals surface area contributed by atoms with Crippen LogP contribution < -0.4 is 0 Å². The highest BCUT2D eigenvalue weighted by molar-refractivity contribution is 7.10. The van der Waals surface area contributed by atoms with Gasteiger partial charge in [0.15, 0.2) is 0 Å². The summed E-state index contributed by atoms with van der Waals surface area (Å²) in [4.78, 5) is 42.5. The fraction of sp³-hybridized carbons (Fsp3) is 0.480. The van der Waals surface area contributed by atoms with Crippen LogP contribution in [0.3, 0.4) is 0 Å². The number of nitrogens with zero attached hydrogens (tertiary/aromatic N) is 2. The summed E-state index contributed by atoms with van der Waals surface area (Å²) in [5.74, 6) is -1.11. The monoisotopic (exact) mass is 474 g/mol. The third-order valence-electron chi connectivity index (χ3n) is 5.78. The maximum absolute atomic E-state index is 13.5. The molecule has 0 fully saturated rings. The molecule has 6 nitrogen and oxygen atoms in total. The first kappa shape index (κ1) is 24.9. The normalized spacial score (nSPS) is 15.1. The van der Waals surface area contributed by atoms with Crippen molar-refractivity contribution in [1.82, 2.24) is 9.80 Å². The zero-order valence-corrected chi connectivity index (χ0v) is 20.0. The highest BCUT2D eigenvalue weighted by Crippen LogP contribution is 2.37. The minimum absolute atomic E-state index is 0.00364. The minimum atomic E-state index is -0.412. The Morgan fingerprint density at radius 3 is 2.61 bits per heavy atom. The number of esters is 1. The molecule has 3 rings (SSSR count). The second kappa shape index (κ2) is 11.9. The number of ether oxygens (including phenoxy) is 1. The van der Waals surface area contributed by atoms with E-state index in [-0.39, 0.29) is 49.7 Å². The molecule has 0 saturated carbocycles. The topological polar surface area (TPSA) is 66.9 Å². The summed E-state index contributed by atoms with van der Waals surface area (Å²) < 4.78 is 18.5. The van der Waals surface area contributed by atoms with E-state index < -0.39 is 5.97 Å². The minimum Gasteiger partial charge on any atom is -0.466 e. The third kappa shape index (κ3) is 6.41. The Labute approximate surface area is 198 Å². The summed E-state index contributed by atoms with van der Waals surface area (Å²) in [5, 5.41) is 2.02. The average molecular weight is 475 g/mol. The third-order valence-corrected chi connectivity index (χ3v) is 6.78. The van der Waals surface area contributed by atoms with Gasteiger partial charge in [-0.3, -0.25) is 14.4 Å². The van der Waals surface area contributed by atoms with E-state index in [0.29, 0.717) is 13.1 Å². The second-order valence-electron chi connectivity index (χ2n) is 8.06. The van der Waals surface area contributed by atoms with E-state index in [1.165, 1.54) is 17.0 Å². The van der Waals surface area contributed by atoms with Gasteiger partial charge in [0.1, 0.15) is 5.82 Å². The number of amides is 2. The van der Waals surface area contributed by atoms with Crippen molar-refractivity contribution in [3.05, 3.63) is 57.5 Å². The summed E-state index contributed by atoms with van der Waals surface area (Å²) in [6.45, 7) is 4.97. The summed E-state index contributed by atoms with van der Waals surface area (Å²) in [6.07, 6.45) is 2.43. The number of thiophene rings is 1. The van der Waals surface area contributed by atoms with E-state index in [1.807, 2.05) is 18.4 Å². The van der Waals surface area contributed by atoms with Crippen LogP contribution in [0.5, 0.6) is 0 Å². The van der Waals surface area contributed by atoms with Crippen LogP contribution in [0.15, 0.2) is 35.7 Å². The highest BCUT2D eigenvalue weighted by atomic mass is 32.1. The molecule has 2 amide bonds. The molecule has 1 aliphatic rings. The number of carbonyl (C=O) groups is 3. The molecule has 1 aromatic carbocycles. The van der Waals surface area contributed by atoms with Crippen LogP contribution in [-0.4, -0.2) is 53.8 Å². The first-order valence-corrected chi connectivity index (χ1v) is 12.4. The molecule has 33 heavy (non-hydrogen) atoms. The quantitative estimate of drug-likeness (QED) is 0.481. The van der Waals surface area contributed by atoms with Crippen molar-refractivity contribution in [1.29, 1.82) is 0 Å². The predicted octanol–water partition coefficient (Wildman–Crippen LogP) is 4.33. The van der Waals surface area contributed by atoms with Crippen LogP contribution in [0.4, 0.5) is 4.39 Å². The van der Waals surface area contributed by atoms with E-state index in [2.05, 4.69) is 0 Å². The van der Waals surface area contributed by atoms with Crippen molar-refractivity contribution >= 4 is 29.1 Å². The number of hydrogen-bond acceptors (Lipinski definition) is 5. The predicted molar refractivity (Wildman–Crippen MR) is 125 cm³/mol. The number of unbranched alkanes of at least 4 members (excludes halogenated alkanes) is 1. The summed E-state index contributed by atoms with van der Waals surface area (Å²) >= 11 is 1.66. The molecular formula is C25H31FN2O4S. The largest absolute Gasteiger partial charge is 0.466 e. The zero-order valence-electron chi connectivity index (χ0n) is 19.2. The van der Waals surface area contributed by atoms with Gasteiger partial charge in [0.2, 0.25) is 11.8 Å². The van der Waals surface area contributed by atoms with E-state index in [4.69, 9.17) is 4.74 Å². The van der Waals surface area contributed by atoms with Gasteiger partial charge in [-0.1, -0.05) is 25.5 Å². The summed E-state index contributed by atoms with van der Waals surface area (Å²) in [7, 11) is 0. The van der Waals surface area contributed by atoms with Gasteiger partial charge < -0.3 is 14.5 Å². The molecule has 2 aromatic rings. The van der Waals surface area contributed by atoms with Crippen LogP contribution >= 0.6 is 11.3 Å². The van der Waals surface area contributed by atoms with Gasteiger partial charge in [0.25, 0.3) is 0 Å². The molecule has 0 radical (unpaired) electrons. The van der Waals surface area contributed by atoms with Crippen molar-refractivity contribution in [2.45, 2.75) is 52.0 Å². The van der Waals surface area contributed by atoms with Crippen molar-refractivity contribution in [3.63, 3.8) is 0 Å². The summed E-state index contributed by atoms with van der Waals surface area (Å²) in [6, 6.07) is 7.96. The Kier molecular flexibility index (Phi) is 9.00. The molecule has 178 valence electrons. The van der Waals surface area contributed by atoms with Crippen molar-refractivity contribution in [3.8, 4) is 0 Å². The van der Waals surface area contributed by atoms with Crippen molar-refractivity contribution in [2.75, 3.05) is 26.2 Å². The van der Waals surface area contributed by atoms with Gasteiger partial charge in [-0.25, -0.2) is 4.39 Å². The average Bonchev–Trinajstić information content (AvgIpc) is 3.29. The van der Waals surface area contributed by atoms with E-state index in [1.54, 1.807) is 40.2 Å². The van der Waals surface area contributed by atoms with Crippen LogP contribution in [0.1, 0.15) is 61.6 Å². The molecule has 1 atom stereocenters. The lowest BCUT2D eigenvalue weighted by Crippen LogP contribution is -2.47. The Balaban J connectivity index is 1.77. The number of rotatable bonds is 10. The molecule has 0 N–H and O–H groups in total. The molecule has 2 heterocycles. The lowest BCUT2D eigenvalue weighted by atomic mass is 9.93. The Hall–Kier alpha value is -2.74. The van der Waals surface area contributed by atoms with Crippen LogP contribution in [0, 0.1) is 5.82 Å². The van der Waals surface area contributed by atoms with Gasteiger partial charge in [0, 0.05) is 24.4 Å². The molecule has 0 saturated heterocycles. The second-order valence-corrected chi connectivity index (χ2v) is 9.06. The number of halogens is 1. The van der Waals surface area contributed by atoms with Crippen molar-refractivity contribution < 1.29 is 23.5 Å². The van der Waals surface area contributed by atoms with Crippen LogP contribution in [0.25, 0.3) is 0 Å². The van der Waals surface area contributed by atoms with Gasteiger partial charge in [-0.2, -0.15) is 0 Å². The fourth-order valence-electron chi connectivity index (χ4n) is 4.08. The Bertz CT molecular complexity index is 960. The lowest BCUT2D eigenvalue weighted by Gasteiger charge is -2.37. The maximum Gasteiger partial charge on any atom is 0.306 e. The molecule has 1 unspecified atom stereocenters. The van der Waals surface area contributed by atoms with Crippen molar-refractivity contribution in [2.24, 2.45) is 0 Å². The standard InChI is InChI=1S/C25H31FN2O4S/c1-3-5-14-27(22(29)10-11-24(31)32-4-2)17-23(30)28-15-12-21-20(13-16-33-21)25(28)18-6-8-19(26)9-7-18/h6-9,13,16,25H,3-5,10-12,14-15,17H2,1-2H3. The summed E-state index contributed by atoms with van der Waals surface area (Å²) in [5.41, 5.74) is 1.90. The smallest absolute Gasteiger partial charge is 0.306 e. The number of fused-ring (bicyclic) bond motifs is 1. The Morgan fingerprint density at radius 2 is 1.91 bits per heavy atom. The molecule has 1 aromatic heterocycles. The number of benzene rings is 1. The molecule has 0 aliphatic carbocycles. The van der Waals surface area contributed by atoms with Gasteiger partial charge in [-0.15, -0.1) is 11.3 Å².